The molecule has 3 N–H and O–H groups in total. The summed E-state index contributed by atoms with van der Waals surface area (Å²) in [6.07, 6.45) is 11.3. The number of amides is 2. The first-order chi connectivity index (χ1) is 16.4. The van der Waals surface area contributed by atoms with E-state index in [0.717, 1.165) is 46.9 Å². The number of carbonyl (C=O) groups is 2. The van der Waals surface area contributed by atoms with Crippen LogP contribution in [-0.2, 0) is 11.8 Å². The second-order valence-corrected chi connectivity index (χ2v) is 9.81. The molecule has 1 atom stereocenters. The van der Waals surface area contributed by atoms with E-state index in [4.69, 9.17) is 0 Å². The predicted molar refractivity (Wildman–Crippen MR) is 130 cm³/mol. The Morgan fingerprint density at radius 3 is 2.76 bits per heavy atom. The van der Waals surface area contributed by atoms with E-state index >= 15 is 0 Å². The summed E-state index contributed by atoms with van der Waals surface area (Å²) in [7, 11) is 1.89. The van der Waals surface area contributed by atoms with Crippen molar-refractivity contribution in [1.82, 2.24) is 40.2 Å². The fourth-order valence-corrected chi connectivity index (χ4v) is 5.43. The number of dihydropyridines is 1. The minimum Gasteiger partial charge on any atom is -0.381 e. The van der Waals surface area contributed by atoms with E-state index in [9.17, 15) is 9.59 Å². The van der Waals surface area contributed by atoms with Gasteiger partial charge in [0.2, 0.25) is 5.91 Å². The average molecular weight is 481 g/mol. The van der Waals surface area contributed by atoms with Crippen molar-refractivity contribution in [3.05, 3.63) is 53.5 Å². The summed E-state index contributed by atoms with van der Waals surface area (Å²) in [5.41, 5.74) is 3.76. The molecular formula is C23H28N8O2S. The number of hydrogen-bond donors (Lipinski definition) is 3. The molecule has 0 radical (unpaired) electrons. The van der Waals surface area contributed by atoms with Crippen LogP contribution in [0.3, 0.4) is 0 Å². The van der Waals surface area contributed by atoms with Crippen LogP contribution < -0.4 is 16.0 Å². The predicted octanol–water partition coefficient (Wildman–Crippen LogP) is 1.76. The van der Waals surface area contributed by atoms with E-state index in [-0.39, 0.29) is 17.9 Å². The molecule has 0 aliphatic carbocycles. The van der Waals surface area contributed by atoms with E-state index in [1.807, 2.05) is 33.3 Å². The maximum Gasteiger partial charge on any atom is 0.260 e. The van der Waals surface area contributed by atoms with Gasteiger partial charge in [0.1, 0.15) is 4.83 Å². The first-order valence-corrected chi connectivity index (χ1v) is 12.2. The van der Waals surface area contributed by atoms with Crippen LogP contribution in [0.1, 0.15) is 35.8 Å². The van der Waals surface area contributed by atoms with Gasteiger partial charge in [0.15, 0.2) is 0 Å². The lowest BCUT2D eigenvalue weighted by molar-refractivity contribution is -0.121. The topological polar surface area (TPSA) is 109 Å². The van der Waals surface area contributed by atoms with Gasteiger partial charge >= 0.3 is 0 Å². The van der Waals surface area contributed by atoms with Gasteiger partial charge < -0.3 is 16.0 Å². The van der Waals surface area contributed by atoms with Gasteiger partial charge in [-0.15, -0.1) is 11.3 Å². The first-order valence-electron chi connectivity index (χ1n) is 11.4. The van der Waals surface area contributed by atoms with Crippen molar-refractivity contribution in [2.75, 3.05) is 19.6 Å². The quantitative estimate of drug-likeness (QED) is 0.496. The maximum absolute atomic E-state index is 13.2. The number of fused-ring (bicyclic) bond motifs is 1. The van der Waals surface area contributed by atoms with Gasteiger partial charge in [-0.1, -0.05) is 0 Å². The average Bonchev–Trinajstić information content (AvgIpc) is 3.55. The Morgan fingerprint density at radius 2 is 2.03 bits per heavy atom. The van der Waals surface area contributed by atoms with Crippen LogP contribution in [-0.4, -0.2) is 61.8 Å². The van der Waals surface area contributed by atoms with E-state index in [2.05, 4.69) is 31.0 Å². The molecule has 1 saturated heterocycles. The van der Waals surface area contributed by atoms with Crippen molar-refractivity contribution in [2.24, 2.45) is 7.05 Å². The normalized spacial score (nSPS) is 18.5. The van der Waals surface area contributed by atoms with Crippen LogP contribution in [0.15, 0.2) is 42.3 Å². The van der Waals surface area contributed by atoms with Crippen LogP contribution in [0, 0.1) is 6.92 Å². The third-order valence-corrected chi connectivity index (χ3v) is 7.24. The number of aryl methyl sites for hydroxylation is 2. The van der Waals surface area contributed by atoms with Crippen LogP contribution in [0.4, 0.5) is 0 Å². The monoisotopic (exact) mass is 480 g/mol. The number of hydrogen-bond acceptors (Lipinski definition) is 7. The number of nitrogens with zero attached hydrogens (tertiary/aromatic N) is 5. The Balaban J connectivity index is 1.30. The zero-order valence-corrected chi connectivity index (χ0v) is 20.3. The van der Waals surface area contributed by atoms with Crippen molar-refractivity contribution in [3.63, 3.8) is 0 Å². The Labute approximate surface area is 201 Å². The van der Waals surface area contributed by atoms with Gasteiger partial charge in [-0.25, -0.2) is 4.52 Å². The number of likely N-dealkylation sites (tertiary alicyclic amines) is 1. The lowest BCUT2D eigenvalue weighted by Crippen LogP contribution is -2.40. The van der Waals surface area contributed by atoms with Crippen molar-refractivity contribution in [1.29, 1.82) is 0 Å². The highest BCUT2D eigenvalue weighted by Gasteiger charge is 2.22. The highest BCUT2D eigenvalue weighted by molar-refractivity contribution is 7.21. The minimum atomic E-state index is -0.240. The van der Waals surface area contributed by atoms with Crippen LogP contribution in [0.25, 0.3) is 15.3 Å². The van der Waals surface area contributed by atoms with E-state index in [1.54, 1.807) is 27.7 Å². The highest BCUT2D eigenvalue weighted by atomic mass is 32.1. The smallest absolute Gasteiger partial charge is 0.260 e. The number of carbonyl (C=O) groups excluding carboxylic acids is 2. The number of thiazole rings is 1. The zero-order chi connectivity index (χ0) is 23.8. The van der Waals surface area contributed by atoms with Gasteiger partial charge in [0, 0.05) is 36.9 Å². The molecule has 10 nitrogen and oxygen atoms in total. The van der Waals surface area contributed by atoms with Crippen molar-refractivity contribution in [2.45, 2.75) is 32.7 Å². The molecular weight excluding hydrogens is 452 g/mol. The molecule has 0 spiro atoms. The maximum atomic E-state index is 13.2. The number of rotatable bonds is 6. The highest BCUT2D eigenvalue weighted by Crippen LogP contribution is 2.32. The van der Waals surface area contributed by atoms with Gasteiger partial charge in [0.05, 0.1) is 40.6 Å². The second kappa shape index (κ2) is 9.07. The fraction of sp³-hybridized carbons (Fsp3) is 0.391. The SMILES string of the molecule is Cc1nn(C)cc1-c1cn2ncc(C(=O)NC3=CC(NC(=O)CN4CCCC4)=CNC3C)c2s1. The van der Waals surface area contributed by atoms with Crippen LogP contribution in [0.2, 0.25) is 0 Å². The van der Waals surface area contributed by atoms with Crippen LogP contribution in [0.5, 0.6) is 0 Å². The van der Waals surface area contributed by atoms with E-state index < -0.39 is 0 Å². The summed E-state index contributed by atoms with van der Waals surface area (Å²) in [5, 5.41) is 17.9. The van der Waals surface area contributed by atoms with Gasteiger partial charge in [-0.3, -0.25) is 19.2 Å². The van der Waals surface area contributed by atoms with Crippen molar-refractivity contribution >= 4 is 28.0 Å². The number of nitrogens with one attached hydrogen (secondary N) is 3. The van der Waals surface area contributed by atoms with Crippen molar-refractivity contribution < 1.29 is 9.59 Å². The zero-order valence-electron chi connectivity index (χ0n) is 19.5. The lowest BCUT2D eigenvalue weighted by Gasteiger charge is -2.23. The molecule has 2 aliphatic rings. The molecule has 11 heteroatoms. The molecule has 5 rings (SSSR count). The molecule has 0 aromatic carbocycles. The number of allylic oxidation sites excluding steroid dienone is 1. The van der Waals surface area contributed by atoms with E-state index in [1.165, 1.54) is 11.3 Å². The number of aromatic nitrogens is 4. The summed E-state index contributed by atoms with van der Waals surface area (Å²) in [6.45, 7) is 6.22. The summed E-state index contributed by atoms with van der Waals surface area (Å²) in [6, 6.07) is -0.105. The summed E-state index contributed by atoms with van der Waals surface area (Å²) in [5.74, 6) is -0.294. The molecule has 1 fully saturated rings. The van der Waals surface area contributed by atoms with Gasteiger partial charge in [-0.05, 0) is 45.9 Å². The summed E-state index contributed by atoms with van der Waals surface area (Å²) in [4.78, 5) is 29.5. The third kappa shape index (κ3) is 4.48. The summed E-state index contributed by atoms with van der Waals surface area (Å²) >= 11 is 1.50. The Bertz CT molecular complexity index is 1310. The Kier molecular flexibility index (Phi) is 5.96. The minimum absolute atomic E-state index is 0.0541. The molecule has 34 heavy (non-hydrogen) atoms. The molecule has 2 amide bonds. The standard InChI is InChI=1S/C23H28N8O2S/c1-14-18(11-29(3)28-14)20-12-31-23(34-20)17(10-25-31)22(33)27-19-8-16(9-24-15(19)2)26-21(32)13-30-6-4-5-7-30/h8-12,15,24H,4-7,13H2,1-3H3,(H,26,32)(H,27,33). The fourth-order valence-electron chi connectivity index (χ4n) is 4.31. The van der Waals surface area contributed by atoms with E-state index in [0.29, 0.717) is 23.5 Å². The molecule has 5 heterocycles. The first kappa shape index (κ1) is 22.4. The molecule has 0 saturated carbocycles. The van der Waals surface area contributed by atoms with Crippen molar-refractivity contribution in [3.8, 4) is 10.4 Å². The molecule has 2 aliphatic heterocycles. The summed E-state index contributed by atoms with van der Waals surface area (Å²) < 4.78 is 3.50. The third-order valence-electron chi connectivity index (χ3n) is 6.09. The van der Waals surface area contributed by atoms with Gasteiger partial charge in [0.25, 0.3) is 5.91 Å². The van der Waals surface area contributed by atoms with Crippen LogP contribution >= 0.6 is 11.3 Å². The molecule has 0 bridgehead atoms. The largest absolute Gasteiger partial charge is 0.381 e. The second-order valence-electron chi connectivity index (χ2n) is 8.78. The molecule has 3 aromatic rings. The molecule has 1 unspecified atom stereocenters. The molecule has 3 aromatic heterocycles. The Hall–Kier alpha value is -3.44. The van der Waals surface area contributed by atoms with Gasteiger partial charge in [-0.2, -0.15) is 10.2 Å². The Morgan fingerprint density at radius 1 is 1.24 bits per heavy atom. The lowest BCUT2D eigenvalue weighted by atomic mass is 10.1. The molecule has 178 valence electrons.